The molecule has 0 fully saturated rings. The van der Waals surface area contributed by atoms with Crippen molar-refractivity contribution in [2.24, 2.45) is 10.9 Å². The van der Waals surface area contributed by atoms with Crippen LogP contribution in [0.5, 0.6) is 0 Å². The molecule has 0 unspecified atom stereocenters. The largest absolute Gasteiger partial charge is 0.263 e. The standard InChI is InChI=1S/C8H15N/c1-6(2)8(5)9-7(3)4/h6H,5H2,1-4H3. The Morgan fingerprint density at radius 2 is 1.78 bits per heavy atom. The van der Waals surface area contributed by atoms with Gasteiger partial charge in [-0.3, -0.25) is 4.99 Å². The summed E-state index contributed by atoms with van der Waals surface area (Å²) in [5.74, 6) is 0.472. The SMILES string of the molecule is C=C(N=C(C)C)C(C)C. The third-order valence-electron chi connectivity index (χ3n) is 1.03. The van der Waals surface area contributed by atoms with Gasteiger partial charge in [-0.1, -0.05) is 20.4 Å². The summed E-state index contributed by atoms with van der Waals surface area (Å²) in [7, 11) is 0. The molecular formula is C8H15N. The summed E-state index contributed by atoms with van der Waals surface area (Å²) in [5, 5.41) is 0. The Morgan fingerprint density at radius 1 is 1.33 bits per heavy atom. The van der Waals surface area contributed by atoms with Gasteiger partial charge in [0.1, 0.15) is 0 Å². The molecule has 0 aliphatic rings. The van der Waals surface area contributed by atoms with Crippen LogP contribution in [0.1, 0.15) is 27.7 Å². The Labute approximate surface area is 57.5 Å². The van der Waals surface area contributed by atoms with Crippen molar-refractivity contribution >= 4 is 5.71 Å². The zero-order chi connectivity index (χ0) is 7.44. The van der Waals surface area contributed by atoms with Crippen LogP contribution in [0.3, 0.4) is 0 Å². The van der Waals surface area contributed by atoms with Crippen LogP contribution in [0.25, 0.3) is 0 Å². The molecular weight excluding hydrogens is 110 g/mol. The van der Waals surface area contributed by atoms with Gasteiger partial charge in [0.05, 0.1) is 0 Å². The van der Waals surface area contributed by atoms with Gasteiger partial charge in [0, 0.05) is 11.4 Å². The van der Waals surface area contributed by atoms with Crippen LogP contribution in [-0.4, -0.2) is 5.71 Å². The first-order valence-electron chi connectivity index (χ1n) is 3.24. The van der Waals surface area contributed by atoms with Crippen molar-refractivity contribution in [2.75, 3.05) is 0 Å². The van der Waals surface area contributed by atoms with E-state index >= 15 is 0 Å². The van der Waals surface area contributed by atoms with Gasteiger partial charge in [-0.2, -0.15) is 0 Å². The van der Waals surface area contributed by atoms with Crippen molar-refractivity contribution < 1.29 is 0 Å². The highest BCUT2D eigenvalue weighted by Crippen LogP contribution is 2.07. The molecule has 0 saturated carbocycles. The van der Waals surface area contributed by atoms with Gasteiger partial charge < -0.3 is 0 Å². The van der Waals surface area contributed by atoms with E-state index in [1.54, 1.807) is 0 Å². The zero-order valence-electron chi connectivity index (χ0n) is 6.73. The average molecular weight is 125 g/mol. The molecule has 0 rings (SSSR count). The molecule has 0 aliphatic carbocycles. The molecule has 0 heterocycles. The fourth-order valence-electron chi connectivity index (χ4n) is 0.416. The van der Waals surface area contributed by atoms with Crippen LogP contribution >= 0.6 is 0 Å². The molecule has 0 aliphatic heterocycles. The lowest BCUT2D eigenvalue weighted by Gasteiger charge is -2.02. The molecule has 0 aromatic heterocycles. The summed E-state index contributed by atoms with van der Waals surface area (Å²) in [6.07, 6.45) is 0. The molecule has 0 N–H and O–H groups in total. The minimum Gasteiger partial charge on any atom is -0.263 e. The van der Waals surface area contributed by atoms with Crippen molar-refractivity contribution in [1.29, 1.82) is 0 Å². The molecule has 52 valence electrons. The summed E-state index contributed by atoms with van der Waals surface area (Å²) in [6.45, 7) is 12.0. The number of aliphatic imine (C=N–C) groups is 1. The Kier molecular flexibility index (Phi) is 3.21. The average Bonchev–Trinajstić information content (AvgIpc) is 1.63. The lowest BCUT2D eigenvalue weighted by atomic mass is 10.2. The molecule has 0 spiro atoms. The van der Waals surface area contributed by atoms with Crippen LogP contribution in [0.2, 0.25) is 0 Å². The van der Waals surface area contributed by atoms with Gasteiger partial charge in [-0.15, -0.1) is 0 Å². The fourth-order valence-corrected chi connectivity index (χ4v) is 0.416. The number of hydrogen-bond donors (Lipinski definition) is 0. The number of allylic oxidation sites excluding steroid dienone is 1. The highest BCUT2D eigenvalue weighted by molar-refractivity contribution is 5.80. The monoisotopic (exact) mass is 125 g/mol. The maximum absolute atomic E-state index is 4.20. The molecule has 1 nitrogen and oxygen atoms in total. The molecule has 0 bridgehead atoms. The van der Waals surface area contributed by atoms with Crippen molar-refractivity contribution in [2.45, 2.75) is 27.7 Å². The Bertz CT molecular complexity index is 128. The molecule has 0 saturated heterocycles. The first-order chi connectivity index (χ1) is 4.04. The van der Waals surface area contributed by atoms with Crippen LogP contribution in [-0.2, 0) is 0 Å². The minimum atomic E-state index is 0.472. The molecule has 0 aromatic rings. The molecule has 0 amide bonds. The van der Waals surface area contributed by atoms with E-state index in [0.717, 1.165) is 11.4 Å². The van der Waals surface area contributed by atoms with Crippen molar-refractivity contribution in [3.05, 3.63) is 12.3 Å². The van der Waals surface area contributed by atoms with Crippen LogP contribution < -0.4 is 0 Å². The Balaban J connectivity index is 3.93. The summed E-state index contributed by atoms with van der Waals surface area (Å²) in [6, 6.07) is 0. The summed E-state index contributed by atoms with van der Waals surface area (Å²) < 4.78 is 0. The van der Waals surface area contributed by atoms with Gasteiger partial charge in [0.2, 0.25) is 0 Å². The predicted molar refractivity (Wildman–Crippen MR) is 42.8 cm³/mol. The van der Waals surface area contributed by atoms with Gasteiger partial charge in [0.15, 0.2) is 0 Å². The van der Waals surface area contributed by atoms with Gasteiger partial charge >= 0.3 is 0 Å². The second kappa shape index (κ2) is 3.44. The molecule has 9 heavy (non-hydrogen) atoms. The van der Waals surface area contributed by atoms with E-state index in [1.165, 1.54) is 0 Å². The normalized spacial score (nSPS) is 9.44. The second-order valence-corrected chi connectivity index (χ2v) is 2.71. The third-order valence-corrected chi connectivity index (χ3v) is 1.03. The van der Waals surface area contributed by atoms with Crippen LogP contribution in [0.4, 0.5) is 0 Å². The highest BCUT2D eigenvalue weighted by Gasteiger charge is 1.95. The van der Waals surface area contributed by atoms with Crippen LogP contribution in [0.15, 0.2) is 17.3 Å². The fraction of sp³-hybridized carbons (Fsp3) is 0.625. The van der Waals surface area contributed by atoms with E-state index in [1.807, 2.05) is 13.8 Å². The van der Waals surface area contributed by atoms with Crippen molar-refractivity contribution in [1.82, 2.24) is 0 Å². The van der Waals surface area contributed by atoms with Crippen LogP contribution in [0, 0.1) is 5.92 Å². The van der Waals surface area contributed by atoms with E-state index in [9.17, 15) is 0 Å². The first kappa shape index (κ1) is 8.41. The maximum atomic E-state index is 4.20. The summed E-state index contributed by atoms with van der Waals surface area (Å²) in [5.41, 5.74) is 2.05. The number of hydrogen-bond acceptors (Lipinski definition) is 1. The molecule has 1 heteroatoms. The topological polar surface area (TPSA) is 12.4 Å². The van der Waals surface area contributed by atoms with E-state index in [0.29, 0.717) is 5.92 Å². The van der Waals surface area contributed by atoms with E-state index < -0.39 is 0 Å². The predicted octanol–water partition coefficient (Wildman–Crippen LogP) is 2.64. The quantitative estimate of drug-likeness (QED) is 0.503. The first-order valence-corrected chi connectivity index (χ1v) is 3.24. The van der Waals surface area contributed by atoms with E-state index in [-0.39, 0.29) is 0 Å². The summed E-state index contributed by atoms with van der Waals surface area (Å²) in [4.78, 5) is 4.20. The third kappa shape index (κ3) is 3.95. The lowest BCUT2D eigenvalue weighted by Crippen LogP contribution is -1.91. The Morgan fingerprint density at radius 3 is 1.89 bits per heavy atom. The minimum absolute atomic E-state index is 0.472. The maximum Gasteiger partial charge on any atom is 0.0356 e. The Hall–Kier alpha value is -0.590. The smallest absolute Gasteiger partial charge is 0.0356 e. The van der Waals surface area contributed by atoms with Gasteiger partial charge in [-0.05, 0) is 19.8 Å². The molecule has 0 aromatic carbocycles. The van der Waals surface area contributed by atoms with Crippen molar-refractivity contribution in [3.8, 4) is 0 Å². The van der Waals surface area contributed by atoms with Gasteiger partial charge in [-0.25, -0.2) is 0 Å². The highest BCUT2D eigenvalue weighted by atomic mass is 14.7. The van der Waals surface area contributed by atoms with Crippen molar-refractivity contribution in [3.63, 3.8) is 0 Å². The van der Waals surface area contributed by atoms with E-state index in [4.69, 9.17) is 0 Å². The number of nitrogens with zero attached hydrogens (tertiary/aromatic N) is 1. The zero-order valence-corrected chi connectivity index (χ0v) is 6.73. The lowest BCUT2D eigenvalue weighted by molar-refractivity contribution is 0.762. The molecule has 0 radical (unpaired) electrons. The second-order valence-electron chi connectivity index (χ2n) is 2.71. The van der Waals surface area contributed by atoms with E-state index in [2.05, 4.69) is 25.4 Å². The number of rotatable bonds is 2. The molecule has 0 atom stereocenters. The van der Waals surface area contributed by atoms with Gasteiger partial charge in [0.25, 0.3) is 0 Å². The summed E-state index contributed by atoms with van der Waals surface area (Å²) >= 11 is 0.